The summed E-state index contributed by atoms with van der Waals surface area (Å²) >= 11 is -0.826. The molecule has 0 amide bonds. The number of fused-ring (bicyclic) bond motifs is 4. The topological polar surface area (TPSA) is 0 Å². The third-order valence-electron chi connectivity index (χ3n) is 6.56. The summed E-state index contributed by atoms with van der Waals surface area (Å²) in [4.78, 5) is 0. The van der Waals surface area contributed by atoms with Gasteiger partial charge >= 0.3 is 37.9 Å². The van der Waals surface area contributed by atoms with Gasteiger partial charge in [-0.05, 0) is 17.4 Å². The van der Waals surface area contributed by atoms with Gasteiger partial charge in [-0.25, -0.2) is 0 Å². The van der Waals surface area contributed by atoms with E-state index >= 15 is 0 Å². The van der Waals surface area contributed by atoms with Crippen molar-refractivity contribution in [2.24, 2.45) is 0 Å². The van der Waals surface area contributed by atoms with Crippen LogP contribution in [0.15, 0.2) is 97.1 Å². The van der Waals surface area contributed by atoms with Crippen molar-refractivity contribution in [3.63, 3.8) is 0 Å². The molecule has 0 bridgehead atoms. The molecule has 0 saturated heterocycles. The number of halogens is 2. The molecule has 0 aliphatic carbocycles. The van der Waals surface area contributed by atoms with Crippen LogP contribution < -0.4 is 10.4 Å². The van der Waals surface area contributed by atoms with Crippen molar-refractivity contribution in [3.05, 3.63) is 114 Å². The predicted molar refractivity (Wildman–Crippen MR) is 160 cm³/mol. The molecule has 0 spiro atoms. The Hall–Kier alpha value is -1.83. The van der Waals surface area contributed by atoms with Crippen molar-refractivity contribution >= 4 is 47.7 Å². The Morgan fingerprint density at radius 3 is 2.24 bits per heavy atom. The van der Waals surface area contributed by atoms with Crippen molar-refractivity contribution in [2.45, 2.75) is 39.5 Å². The van der Waals surface area contributed by atoms with E-state index in [4.69, 9.17) is 17.0 Å². The fraction of sp³-hybridized carbons (Fsp3) is 0.182. The molecule has 5 aromatic carbocycles. The summed E-state index contributed by atoms with van der Waals surface area (Å²) in [6, 6.07) is 38.2. The first kappa shape index (κ1) is 28.2. The van der Waals surface area contributed by atoms with E-state index in [1.807, 2.05) is 6.07 Å². The molecule has 2 radical (unpaired) electrons. The van der Waals surface area contributed by atoms with Crippen LogP contribution in [0, 0.1) is 6.07 Å². The fourth-order valence-electron chi connectivity index (χ4n) is 4.82. The van der Waals surface area contributed by atoms with Gasteiger partial charge in [-0.1, -0.05) is 104 Å². The Labute approximate surface area is 242 Å². The van der Waals surface area contributed by atoms with Gasteiger partial charge in [0.05, 0.1) is 9.52 Å². The average Bonchev–Trinajstić information content (AvgIpc) is 3.50. The zero-order valence-corrected chi connectivity index (χ0v) is 26.7. The molecule has 6 rings (SSSR count). The molecule has 0 saturated carbocycles. The molecular formula is C33H30Cl2SiZr. The number of aryl methyl sites for hydroxylation is 1. The Kier molecular flexibility index (Phi) is 9.76. The van der Waals surface area contributed by atoms with E-state index in [-0.39, 0.29) is 5.41 Å². The standard InChI is InChI=1S/C21H23.C12H7Si.2ClH.Zr/c1-5-15-13-17-11-12-19(21(2,3)4)20(18(17)14-15)16-9-7-6-8-10-16;1-3-7-11-9(5-1)10-6-2-4-8-12(10)13-11;;;/h6-14H,5H2,1-4H3;1-7H;2*1H;/q2*-1;;;+4/p-2. The summed E-state index contributed by atoms with van der Waals surface area (Å²) in [5, 5.41) is 5.58. The summed E-state index contributed by atoms with van der Waals surface area (Å²) in [5.74, 6) is 0. The van der Waals surface area contributed by atoms with Crippen molar-refractivity contribution < 1.29 is 20.8 Å². The van der Waals surface area contributed by atoms with E-state index in [1.54, 1.807) is 0 Å². The number of hydrogen-bond donors (Lipinski definition) is 0. The van der Waals surface area contributed by atoms with Gasteiger partial charge in [0.15, 0.2) is 0 Å². The summed E-state index contributed by atoms with van der Waals surface area (Å²) in [5.41, 5.74) is 8.48. The monoisotopic (exact) mass is 614 g/mol. The molecule has 1 aliphatic heterocycles. The summed E-state index contributed by atoms with van der Waals surface area (Å²) in [6.07, 6.45) is 1.09. The minimum Gasteiger partial charge on any atom is -0.184 e. The minimum absolute atomic E-state index is 0.142. The van der Waals surface area contributed by atoms with Crippen molar-refractivity contribution in [1.82, 2.24) is 0 Å². The molecule has 1 aliphatic rings. The first-order valence-corrected chi connectivity index (χ1v) is 19.8. The molecule has 0 aromatic heterocycles. The predicted octanol–water partition coefficient (Wildman–Crippen LogP) is 8.58. The zero-order chi connectivity index (χ0) is 26.4. The van der Waals surface area contributed by atoms with Crippen LogP contribution in [-0.2, 0) is 32.7 Å². The van der Waals surface area contributed by atoms with Crippen LogP contribution in [0.4, 0.5) is 0 Å². The summed E-state index contributed by atoms with van der Waals surface area (Å²) in [6.45, 7) is 9.11. The molecule has 0 atom stereocenters. The Morgan fingerprint density at radius 1 is 0.865 bits per heavy atom. The second kappa shape index (κ2) is 12.8. The molecule has 0 unspecified atom stereocenters. The van der Waals surface area contributed by atoms with Crippen molar-refractivity contribution in [2.75, 3.05) is 0 Å². The van der Waals surface area contributed by atoms with Gasteiger partial charge in [0, 0.05) is 0 Å². The van der Waals surface area contributed by atoms with E-state index in [0.29, 0.717) is 0 Å². The molecule has 0 nitrogen and oxygen atoms in total. The second-order valence-corrected chi connectivity index (χ2v) is 15.0. The Morgan fingerprint density at radius 2 is 1.54 bits per heavy atom. The molecule has 4 heteroatoms. The SMILES string of the molecule is CCc1cc2c(-c3ccccc3)c(C(C)(C)C)ccc2[cH-]1.[Cl][Zr+2][Cl].[c-]1cccc2c1[Si]c1ccccc1-2. The van der Waals surface area contributed by atoms with E-state index < -0.39 is 20.8 Å². The van der Waals surface area contributed by atoms with Crippen molar-refractivity contribution in [3.8, 4) is 22.3 Å². The maximum atomic E-state index is 4.93. The van der Waals surface area contributed by atoms with E-state index in [9.17, 15) is 0 Å². The molecule has 184 valence electrons. The van der Waals surface area contributed by atoms with Crippen LogP contribution in [0.5, 0.6) is 0 Å². The van der Waals surface area contributed by atoms with Crippen LogP contribution in [0.3, 0.4) is 0 Å². The zero-order valence-electron chi connectivity index (χ0n) is 21.7. The second-order valence-electron chi connectivity index (χ2n) is 10.0. The van der Waals surface area contributed by atoms with Crippen LogP contribution in [0.1, 0.15) is 38.8 Å². The van der Waals surface area contributed by atoms with Gasteiger partial charge < -0.3 is 0 Å². The molecular weight excluding hydrogens is 587 g/mol. The third-order valence-corrected chi connectivity index (χ3v) is 7.93. The van der Waals surface area contributed by atoms with E-state index in [2.05, 4.69) is 125 Å². The molecule has 5 aromatic rings. The molecule has 0 fully saturated rings. The van der Waals surface area contributed by atoms with Gasteiger partial charge in [0.2, 0.25) is 0 Å². The molecule has 37 heavy (non-hydrogen) atoms. The van der Waals surface area contributed by atoms with Gasteiger partial charge in [-0.15, -0.1) is 40.1 Å². The first-order valence-electron chi connectivity index (χ1n) is 12.5. The maximum absolute atomic E-state index is 4.93. The first-order chi connectivity index (χ1) is 17.9. The Balaban J connectivity index is 0.000000170. The minimum atomic E-state index is -0.826. The molecule has 1 heterocycles. The third kappa shape index (κ3) is 6.61. The van der Waals surface area contributed by atoms with Gasteiger partial charge in [0.25, 0.3) is 0 Å². The van der Waals surface area contributed by atoms with Crippen LogP contribution in [0.25, 0.3) is 33.0 Å². The van der Waals surface area contributed by atoms with E-state index in [1.165, 1.54) is 54.5 Å². The maximum Gasteiger partial charge on any atom is 0.0920 e. The smallest absolute Gasteiger partial charge is 0.0920 e. The van der Waals surface area contributed by atoms with Crippen molar-refractivity contribution in [1.29, 1.82) is 0 Å². The fourth-order valence-corrected chi connectivity index (χ4v) is 6.12. The van der Waals surface area contributed by atoms with Gasteiger partial charge in [-0.2, -0.15) is 35.5 Å². The number of hydrogen-bond acceptors (Lipinski definition) is 0. The number of benzene rings is 4. The normalized spacial score (nSPS) is 11.4. The van der Waals surface area contributed by atoms with Crippen LogP contribution in [0.2, 0.25) is 0 Å². The van der Waals surface area contributed by atoms with Crippen LogP contribution in [-0.4, -0.2) is 9.52 Å². The summed E-state index contributed by atoms with van der Waals surface area (Å²) in [7, 11) is 10.7. The van der Waals surface area contributed by atoms with E-state index in [0.717, 1.165) is 15.9 Å². The average molecular weight is 617 g/mol. The van der Waals surface area contributed by atoms with Gasteiger partial charge in [-0.3, -0.25) is 0 Å². The van der Waals surface area contributed by atoms with Gasteiger partial charge in [0.1, 0.15) is 0 Å². The van der Waals surface area contributed by atoms with Crippen LogP contribution >= 0.6 is 17.0 Å². The summed E-state index contributed by atoms with van der Waals surface area (Å²) < 4.78 is 0. The number of rotatable bonds is 2. The largest absolute Gasteiger partial charge is 0.184 e. The molecule has 0 N–H and O–H groups in total. The quantitative estimate of drug-likeness (QED) is 0.135. The Bertz CT molecular complexity index is 1420.